The molecular formula is C43H39ClF3N9O5. The number of piperazine rings is 1. The molecule has 2 amide bonds. The van der Waals surface area contributed by atoms with Crippen molar-refractivity contribution in [1.29, 1.82) is 0 Å². The van der Waals surface area contributed by atoms with Gasteiger partial charge in [-0.15, -0.1) is 5.10 Å². The average molecular weight is 854 g/mol. The third-order valence-electron chi connectivity index (χ3n) is 11.5. The smallest absolute Gasteiger partial charge is 0.416 e. The molecule has 0 spiro atoms. The number of aromatic nitrogens is 6. The van der Waals surface area contributed by atoms with Crippen LogP contribution in [0.3, 0.4) is 0 Å². The molecule has 1 N–H and O–H groups in total. The zero-order chi connectivity index (χ0) is 42.8. The van der Waals surface area contributed by atoms with Crippen LogP contribution in [0.25, 0.3) is 17.2 Å². The van der Waals surface area contributed by atoms with E-state index in [0.29, 0.717) is 41.4 Å². The first-order chi connectivity index (χ1) is 29.2. The lowest BCUT2D eigenvalue weighted by Gasteiger charge is -2.36. The standard InChI is InChI=1S/C43H39ClF3N9O5/c1-24-36(60-21-25-7-5-4-6-8-25)34(49-23-48-24)39(58)54-17-15-53(16-18-54)35-32-13-14-33(38(57)50-31-12-10-28(20-30(31)44)43(45,46)47)55(32)41-51-37(52-56(41)40(35)59)26-9-11-29-27(19-26)22-61-42(29,2)3/h4-12,19-20,23,33H,13-18,21-22H2,1-3H3,(H,50,57). The summed E-state index contributed by atoms with van der Waals surface area (Å²) in [7, 11) is 0. The van der Waals surface area contributed by atoms with Gasteiger partial charge in [0, 0.05) is 31.7 Å². The second-order valence-corrected chi connectivity index (χ2v) is 16.1. The number of rotatable bonds is 8. The number of alkyl halides is 3. The minimum Gasteiger partial charge on any atom is -0.485 e. The number of hydrogen-bond donors (Lipinski definition) is 1. The SMILES string of the molecule is Cc1ncnc(C(=O)N2CCN(c3c4n(c5nc(-c6ccc7c(c6)COC7(C)C)nn5c3=O)C(C(=O)Nc3ccc(C(F)(F)F)cc3Cl)CC4)CC2)c1OCc1ccccc1. The summed E-state index contributed by atoms with van der Waals surface area (Å²) in [5, 5.41) is 7.12. The number of hydrogen-bond acceptors (Lipinski definition) is 10. The van der Waals surface area contributed by atoms with Gasteiger partial charge in [0.2, 0.25) is 11.7 Å². The molecule has 3 aromatic carbocycles. The topological polar surface area (TPSA) is 149 Å². The van der Waals surface area contributed by atoms with E-state index in [-0.39, 0.29) is 73.1 Å². The fourth-order valence-electron chi connectivity index (χ4n) is 8.30. The molecule has 3 aromatic heterocycles. The number of benzene rings is 3. The van der Waals surface area contributed by atoms with Crippen LogP contribution < -0.4 is 20.5 Å². The highest BCUT2D eigenvalue weighted by Gasteiger charge is 2.38. The molecule has 1 atom stereocenters. The van der Waals surface area contributed by atoms with Gasteiger partial charge in [-0.25, -0.2) is 9.97 Å². The number of amides is 2. The Balaban J connectivity index is 1.04. The van der Waals surface area contributed by atoms with E-state index in [0.717, 1.165) is 34.9 Å². The van der Waals surface area contributed by atoms with E-state index in [9.17, 15) is 27.6 Å². The summed E-state index contributed by atoms with van der Waals surface area (Å²) in [6, 6.07) is 17.1. The van der Waals surface area contributed by atoms with Gasteiger partial charge in [-0.05, 0) is 74.6 Å². The van der Waals surface area contributed by atoms with E-state index >= 15 is 0 Å². The Morgan fingerprint density at radius 1 is 1.02 bits per heavy atom. The van der Waals surface area contributed by atoms with E-state index in [1.165, 1.54) is 10.8 Å². The van der Waals surface area contributed by atoms with Crippen LogP contribution in [0.15, 0.2) is 77.9 Å². The van der Waals surface area contributed by atoms with Crippen molar-refractivity contribution in [3.8, 4) is 17.1 Å². The highest BCUT2D eigenvalue weighted by atomic mass is 35.5. The van der Waals surface area contributed by atoms with Crippen LogP contribution >= 0.6 is 11.6 Å². The summed E-state index contributed by atoms with van der Waals surface area (Å²) in [6.45, 7) is 7.36. The maximum Gasteiger partial charge on any atom is 0.416 e. The molecule has 9 rings (SSSR count). The largest absolute Gasteiger partial charge is 0.485 e. The molecule has 3 aliphatic heterocycles. The Hall–Kier alpha value is -6.33. The van der Waals surface area contributed by atoms with Crippen LogP contribution in [0.1, 0.15) is 70.4 Å². The number of aryl methyl sites for hydroxylation is 1. The minimum atomic E-state index is -4.62. The van der Waals surface area contributed by atoms with E-state index in [1.807, 2.05) is 67.3 Å². The summed E-state index contributed by atoms with van der Waals surface area (Å²) in [5.41, 5.74) is 3.22. The predicted octanol–water partition coefficient (Wildman–Crippen LogP) is 6.76. The molecule has 61 heavy (non-hydrogen) atoms. The highest BCUT2D eigenvalue weighted by Crippen LogP contribution is 2.39. The molecule has 14 nitrogen and oxygen atoms in total. The van der Waals surface area contributed by atoms with Crippen LogP contribution in [-0.2, 0) is 40.9 Å². The first-order valence-electron chi connectivity index (χ1n) is 19.7. The summed E-state index contributed by atoms with van der Waals surface area (Å²) < 4.78 is 55.1. The number of nitrogens with zero attached hydrogens (tertiary/aromatic N) is 8. The second-order valence-electron chi connectivity index (χ2n) is 15.7. The Bertz CT molecular complexity index is 2780. The molecule has 3 aliphatic rings. The summed E-state index contributed by atoms with van der Waals surface area (Å²) in [5.74, 6) is -0.214. The maximum absolute atomic E-state index is 14.6. The number of ether oxygens (including phenoxy) is 2. The maximum atomic E-state index is 14.6. The first-order valence-corrected chi connectivity index (χ1v) is 20.1. The van der Waals surface area contributed by atoms with Gasteiger partial charge < -0.3 is 24.6 Å². The van der Waals surface area contributed by atoms with Crippen LogP contribution in [0.4, 0.5) is 24.5 Å². The average Bonchev–Trinajstić information content (AvgIpc) is 3.97. The van der Waals surface area contributed by atoms with Gasteiger partial charge in [0.1, 0.15) is 24.7 Å². The van der Waals surface area contributed by atoms with Crippen molar-refractivity contribution in [3.05, 3.63) is 128 Å². The number of nitrogens with one attached hydrogen (secondary N) is 1. The third-order valence-corrected chi connectivity index (χ3v) is 11.8. The lowest BCUT2D eigenvalue weighted by atomic mass is 9.94. The molecule has 1 saturated heterocycles. The molecule has 6 aromatic rings. The van der Waals surface area contributed by atoms with Gasteiger partial charge in [-0.2, -0.15) is 22.7 Å². The van der Waals surface area contributed by atoms with E-state index in [4.69, 9.17) is 31.2 Å². The Kier molecular flexibility index (Phi) is 10.1. The normalized spacial score (nSPS) is 17.1. The molecule has 1 unspecified atom stereocenters. The molecule has 0 saturated carbocycles. The first kappa shape index (κ1) is 40.1. The van der Waals surface area contributed by atoms with Gasteiger partial charge >= 0.3 is 6.18 Å². The number of halogens is 4. The summed E-state index contributed by atoms with van der Waals surface area (Å²) in [6.07, 6.45) is -2.74. The summed E-state index contributed by atoms with van der Waals surface area (Å²) in [4.78, 5) is 59.6. The number of anilines is 2. The molecular weight excluding hydrogens is 815 g/mol. The van der Waals surface area contributed by atoms with Crippen molar-refractivity contribution >= 4 is 40.6 Å². The van der Waals surface area contributed by atoms with E-state index < -0.39 is 34.8 Å². The molecule has 314 valence electrons. The fraction of sp³-hybridized carbons (Fsp3) is 0.326. The molecule has 1 fully saturated rings. The summed E-state index contributed by atoms with van der Waals surface area (Å²) >= 11 is 6.24. The lowest BCUT2D eigenvalue weighted by Crippen LogP contribution is -2.51. The Labute approximate surface area is 351 Å². The van der Waals surface area contributed by atoms with Crippen LogP contribution in [0, 0.1) is 6.92 Å². The lowest BCUT2D eigenvalue weighted by molar-refractivity contribution is -0.137. The zero-order valence-electron chi connectivity index (χ0n) is 33.3. The third kappa shape index (κ3) is 7.35. The van der Waals surface area contributed by atoms with Crippen molar-refractivity contribution in [2.45, 2.75) is 64.6 Å². The van der Waals surface area contributed by atoms with Crippen LogP contribution in [0.5, 0.6) is 5.75 Å². The van der Waals surface area contributed by atoms with Gasteiger partial charge in [0.25, 0.3) is 11.5 Å². The molecule has 0 radical (unpaired) electrons. The van der Waals surface area contributed by atoms with Gasteiger partial charge in [-0.1, -0.05) is 54.1 Å². The molecule has 0 aliphatic carbocycles. The number of carbonyl (C=O) groups is 2. The Morgan fingerprint density at radius 3 is 2.52 bits per heavy atom. The zero-order valence-corrected chi connectivity index (χ0v) is 34.0. The number of fused-ring (bicyclic) bond motifs is 4. The number of carbonyl (C=O) groups excluding carboxylic acids is 2. The minimum absolute atomic E-state index is 0.00383. The van der Waals surface area contributed by atoms with Crippen LogP contribution in [-0.4, -0.2) is 72.0 Å². The molecule has 18 heteroatoms. The van der Waals surface area contributed by atoms with E-state index in [1.54, 1.807) is 16.4 Å². The van der Waals surface area contributed by atoms with Gasteiger partial charge in [0.05, 0.1) is 39.9 Å². The van der Waals surface area contributed by atoms with Crippen molar-refractivity contribution in [2.24, 2.45) is 0 Å². The second kappa shape index (κ2) is 15.3. The van der Waals surface area contributed by atoms with Crippen molar-refractivity contribution in [1.82, 2.24) is 34.0 Å². The van der Waals surface area contributed by atoms with Crippen LogP contribution in [0.2, 0.25) is 5.02 Å². The van der Waals surface area contributed by atoms with Gasteiger partial charge in [-0.3, -0.25) is 19.0 Å². The highest BCUT2D eigenvalue weighted by molar-refractivity contribution is 6.33. The Morgan fingerprint density at radius 2 is 1.79 bits per heavy atom. The van der Waals surface area contributed by atoms with Crippen molar-refractivity contribution in [2.75, 3.05) is 36.4 Å². The van der Waals surface area contributed by atoms with Gasteiger partial charge in [0.15, 0.2) is 17.3 Å². The fourth-order valence-corrected chi connectivity index (χ4v) is 8.52. The van der Waals surface area contributed by atoms with Crippen molar-refractivity contribution in [3.63, 3.8) is 0 Å². The van der Waals surface area contributed by atoms with Crippen molar-refractivity contribution < 1.29 is 32.2 Å². The molecule has 6 heterocycles. The molecule has 0 bridgehead atoms. The van der Waals surface area contributed by atoms with E-state index in [2.05, 4.69) is 15.3 Å². The quantitative estimate of drug-likeness (QED) is 0.174. The monoisotopic (exact) mass is 853 g/mol. The predicted molar refractivity (Wildman–Crippen MR) is 219 cm³/mol.